The Morgan fingerprint density at radius 1 is 1.38 bits per heavy atom. The highest BCUT2D eigenvalue weighted by molar-refractivity contribution is 6.17. The van der Waals surface area contributed by atoms with E-state index < -0.39 is 0 Å². The Kier molecular flexibility index (Phi) is 2.74. The van der Waals surface area contributed by atoms with Gasteiger partial charge in [-0.25, -0.2) is 0 Å². The smallest absolute Gasteiger partial charge is 0.119 e. The van der Waals surface area contributed by atoms with Crippen LogP contribution in [0, 0.1) is 5.92 Å². The molecule has 0 spiro atoms. The molecule has 0 aromatic heterocycles. The second kappa shape index (κ2) is 4.01. The lowest BCUT2D eigenvalue weighted by Crippen LogP contribution is -1.98. The van der Waals surface area contributed by atoms with E-state index in [-0.39, 0.29) is 0 Å². The summed E-state index contributed by atoms with van der Waals surface area (Å²) in [5, 5.41) is 0. The molecule has 0 unspecified atom stereocenters. The summed E-state index contributed by atoms with van der Waals surface area (Å²) in [6.45, 7) is 0.867. The zero-order chi connectivity index (χ0) is 9.10. The van der Waals surface area contributed by atoms with E-state index in [4.69, 9.17) is 16.3 Å². The SMILES string of the molecule is ClCc1cccc(OCC2CC2)c1. The molecule has 0 aliphatic heterocycles. The summed E-state index contributed by atoms with van der Waals surface area (Å²) in [4.78, 5) is 0. The van der Waals surface area contributed by atoms with E-state index in [0.29, 0.717) is 5.88 Å². The molecule has 1 fully saturated rings. The fourth-order valence-corrected chi connectivity index (χ4v) is 1.38. The van der Waals surface area contributed by atoms with Gasteiger partial charge in [-0.2, -0.15) is 0 Å². The van der Waals surface area contributed by atoms with Crippen LogP contribution in [-0.4, -0.2) is 6.61 Å². The second-order valence-corrected chi connectivity index (χ2v) is 3.80. The lowest BCUT2D eigenvalue weighted by molar-refractivity contribution is 0.299. The zero-order valence-electron chi connectivity index (χ0n) is 7.50. The molecule has 0 heterocycles. The van der Waals surface area contributed by atoms with Crippen LogP contribution in [0.4, 0.5) is 0 Å². The lowest BCUT2D eigenvalue weighted by Gasteiger charge is -2.05. The Labute approximate surface area is 83.7 Å². The molecule has 2 rings (SSSR count). The van der Waals surface area contributed by atoms with Gasteiger partial charge in [-0.05, 0) is 36.5 Å². The van der Waals surface area contributed by atoms with E-state index in [1.807, 2.05) is 24.3 Å². The highest BCUT2D eigenvalue weighted by atomic mass is 35.5. The monoisotopic (exact) mass is 196 g/mol. The van der Waals surface area contributed by atoms with Gasteiger partial charge in [0.05, 0.1) is 6.61 Å². The van der Waals surface area contributed by atoms with Gasteiger partial charge < -0.3 is 4.74 Å². The molecule has 13 heavy (non-hydrogen) atoms. The molecule has 0 bridgehead atoms. The molecule has 1 aromatic rings. The summed E-state index contributed by atoms with van der Waals surface area (Å²) in [6, 6.07) is 7.99. The van der Waals surface area contributed by atoms with E-state index in [9.17, 15) is 0 Å². The predicted molar refractivity (Wildman–Crippen MR) is 54.2 cm³/mol. The first-order valence-corrected chi connectivity index (χ1v) is 5.19. The summed E-state index contributed by atoms with van der Waals surface area (Å²) >= 11 is 5.72. The van der Waals surface area contributed by atoms with Crippen molar-refractivity contribution in [3.8, 4) is 5.75 Å². The molecule has 1 aromatic carbocycles. The van der Waals surface area contributed by atoms with Crippen LogP contribution in [0.1, 0.15) is 18.4 Å². The van der Waals surface area contributed by atoms with Crippen LogP contribution < -0.4 is 4.74 Å². The van der Waals surface area contributed by atoms with Gasteiger partial charge in [0.15, 0.2) is 0 Å². The third-order valence-corrected chi connectivity index (χ3v) is 2.54. The summed E-state index contributed by atoms with van der Waals surface area (Å²) in [7, 11) is 0. The molecule has 0 atom stereocenters. The molecule has 1 nitrogen and oxygen atoms in total. The first-order valence-electron chi connectivity index (χ1n) is 4.66. The Morgan fingerprint density at radius 2 is 2.23 bits per heavy atom. The van der Waals surface area contributed by atoms with Gasteiger partial charge in [-0.15, -0.1) is 11.6 Å². The van der Waals surface area contributed by atoms with Crippen molar-refractivity contribution in [2.75, 3.05) is 6.61 Å². The summed E-state index contributed by atoms with van der Waals surface area (Å²) in [5.41, 5.74) is 1.12. The number of rotatable bonds is 4. The molecule has 0 N–H and O–H groups in total. The van der Waals surface area contributed by atoms with Crippen LogP contribution in [0.5, 0.6) is 5.75 Å². The third-order valence-electron chi connectivity index (χ3n) is 2.24. The van der Waals surface area contributed by atoms with Crippen molar-refractivity contribution >= 4 is 11.6 Å². The zero-order valence-corrected chi connectivity index (χ0v) is 8.26. The van der Waals surface area contributed by atoms with E-state index >= 15 is 0 Å². The van der Waals surface area contributed by atoms with Crippen molar-refractivity contribution < 1.29 is 4.74 Å². The van der Waals surface area contributed by atoms with E-state index in [1.54, 1.807) is 0 Å². The third kappa shape index (κ3) is 2.63. The minimum absolute atomic E-state index is 0.556. The Hall–Kier alpha value is -0.690. The number of halogens is 1. The molecule has 1 aliphatic carbocycles. The van der Waals surface area contributed by atoms with Gasteiger partial charge in [-0.3, -0.25) is 0 Å². The average Bonchev–Trinajstić information content (AvgIpc) is 2.99. The van der Waals surface area contributed by atoms with E-state index in [2.05, 4.69) is 0 Å². The Bertz CT molecular complexity index is 281. The average molecular weight is 197 g/mol. The summed E-state index contributed by atoms with van der Waals surface area (Å²) in [5.74, 6) is 2.31. The van der Waals surface area contributed by atoms with Crippen LogP contribution in [0.2, 0.25) is 0 Å². The molecule has 1 saturated carbocycles. The fourth-order valence-electron chi connectivity index (χ4n) is 1.22. The number of benzene rings is 1. The van der Waals surface area contributed by atoms with Crippen molar-refractivity contribution in [3.05, 3.63) is 29.8 Å². The van der Waals surface area contributed by atoms with E-state index in [0.717, 1.165) is 23.8 Å². The first kappa shape index (κ1) is 8.89. The second-order valence-electron chi connectivity index (χ2n) is 3.54. The van der Waals surface area contributed by atoms with Crippen LogP contribution in [0.25, 0.3) is 0 Å². The quantitative estimate of drug-likeness (QED) is 0.672. The molecule has 0 radical (unpaired) electrons. The van der Waals surface area contributed by atoms with Gasteiger partial charge in [0.2, 0.25) is 0 Å². The molecule has 0 amide bonds. The summed E-state index contributed by atoms with van der Waals surface area (Å²) in [6.07, 6.45) is 2.66. The highest BCUT2D eigenvalue weighted by Crippen LogP contribution is 2.29. The fraction of sp³-hybridized carbons (Fsp3) is 0.455. The molecular weight excluding hydrogens is 184 g/mol. The van der Waals surface area contributed by atoms with Crippen molar-refractivity contribution in [2.45, 2.75) is 18.7 Å². The van der Waals surface area contributed by atoms with Gasteiger partial charge in [0.1, 0.15) is 5.75 Å². The maximum Gasteiger partial charge on any atom is 0.119 e. The van der Waals surface area contributed by atoms with Crippen molar-refractivity contribution in [2.24, 2.45) is 5.92 Å². The maximum absolute atomic E-state index is 5.72. The predicted octanol–water partition coefficient (Wildman–Crippen LogP) is 3.21. The maximum atomic E-state index is 5.72. The van der Waals surface area contributed by atoms with Crippen molar-refractivity contribution in [1.82, 2.24) is 0 Å². The van der Waals surface area contributed by atoms with Gasteiger partial charge >= 0.3 is 0 Å². The topological polar surface area (TPSA) is 9.23 Å². The standard InChI is InChI=1S/C11H13ClO/c12-7-10-2-1-3-11(6-10)13-8-9-4-5-9/h1-3,6,9H,4-5,7-8H2. The van der Waals surface area contributed by atoms with Crippen LogP contribution >= 0.6 is 11.6 Å². The number of alkyl halides is 1. The van der Waals surface area contributed by atoms with Gasteiger partial charge in [0.25, 0.3) is 0 Å². The summed E-state index contributed by atoms with van der Waals surface area (Å²) < 4.78 is 5.61. The number of hydrogen-bond acceptors (Lipinski definition) is 1. The Morgan fingerprint density at radius 3 is 2.92 bits per heavy atom. The largest absolute Gasteiger partial charge is 0.493 e. The van der Waals surface area contributed by atoms with Crippen LogP contribution in [-0.2, 0) is 5.88 Å². The van der Waals surface area contributed by atoms with Gasteiger partial charge in [-0.1, -0.05) is 12.1 Å². The lowest BCUT2D eigenvalue weighted by atomic mass is 10.2. The minimum Gasteiger partial charge on any atom is -0.493 e. The minimum atomic E-state index is 0.556. The van der Waals surface area contributed by atoms with Crippen LogP contribution in [0.3, 0.4) is 0 Å². The number of hydrogen-bond donors (Lipinski definition) is 0. The van der Waals surface area contributed by atoms with E-state index in [1.165, 1.54) is 12.8 Å². The van der Waals surface area contributed by atoms with Crippen molar-refractivity contribution in [1.29, 1.82) is 0 Å². The highest BCUT2D eigenvalue weighted by Gasteiger charge is 2.21. The molecule has 70 valence electrons. The molecular formula is C11H13ClO. The molecule has 0 saturated heterocycles. The molecule has 1 aliphatic rings. The number of ether oxygens (including phenoxy) is 1. The van der Waals surface area contributed by atoms with Crippen LogP contribution in [0.15, 0.2) is 24.3 Å². The first-order chi connectivity index (χ1) is 6.38. The molecule has 2 heteroatoms. The van der Waals surface area contributed by atoms with Gasteiger partial charge in [0, 0.05) is 5.88 Å². The van der Waals surface area contributed by atoms with Crippen molar-refractivity contribution in [3.63, 3.8) is 0 Å². The Balaban J connectivity index is 1.93. The normalized spacial score (nSPS) is 15.8.